The van der Waals surface area contributed by atoms with Gasteiger partial charge in [0.05, 0.1) is 12.1 Å². The summed E-state index contributed by atoms with van der Waals surface area (Å²) >= 11 is 0. The number of aromatic nitrogens is 2. The number of aromatic amines is 1. The van der Waals surface area contributed by atoms with Crippen molar-refractivity contribution >= 4 is 23.7 Å². The van der Waals surface area contributed by atoms with Gasteiger partial charge in [-0.2, -0.15) is 0 Å². The molecule has 5 atom stereocenters. The summed E-state index contributed by atoms with van der Waals surface area (Å²) in [5.41, 5.74) is 11.0. The summed E-state index contributed by atoms with van der Waals surface area (Å²) in [6.45, 7) is 2.29. The van der Waals surface area contributed by atoms with Crippen LogP contribution >= 0.6 is 0 Å². The van der Waals surface area contributed by atoms with Crippen LogP contribution in [0, 0.1) is 5.92 Å². The molecule has 2 rings (SSSR count). The van der Waals surface area contributed by atoms with Gasteiger partial charge in [0.2, 0.25) is 5.91 Å². The Morgan fingerprint density at radius 1 is 1.42 bits per heavy atom. The first-order chi connectivity index (χ1) is 14.7. The molecule has 0 saturated carbocycles. The van der Waals surface area contributed by atoms with Crippen molar-refractivity contribution in [2.75, 3.05) is 18.9 Å². The average Bonchev–Trinajstić information content (AvgIpc) is 2.73. The number of hydrogen-bond donors (Lipinski definition) is 7. The largest absolute Gasteiger partial charge is 0.479 e. The van der Waals surface area contributed by atoms with Gasteiger partial charge in [-0.05, 0) is 24.5 Å². The lowest BCUT2D eigenvalue weighted by atomic mass is 9.97. The Hall–Kier alpha value is -3.45. The van der Waals surface area contributed by atoms with Crippen LogP contribution in [0.4, 0.5) is 5.82 Å². The lowest BCUT2D eigenvalue weighted by molar-refractivity contribution is -0.154. The minimum absolute atomic E-state index is 0.202. The highest BCUT2D eigenvalue weighted by Crippen LogP contribution is 2.16. The number of carbonyl (C=O) groups excluding carboxylic acids is 1. The van der Waals surface area contributed by atoms with E-state index in [4.69, 9.17) is 16.2 Å². The van der Waals surface area contributed by atoms with E-state index in [2.05, 4.69) is 30.9 Å². The Balaban J connectivity index is 1.96. The summed E-state index contributed by atoms with van der Waals surface area (Å²) in [7, 11) is 1.56. The van der Waals surface area contributed by atoms with E-state index < -0.39 is 42.0 Å². The number of nitrogens with zero attached hydrogens (tertiary/aromatic N) is 2. The third-order valence-electron chi connectivity index (χ3n) is 4.70. The SMILES string of the molecule is CN=C(N)NCCC(C)C(N)C(=O)NC1C=CC(Nc2ccnc(=O)[nH]2)O[C@@H]1C(=O)O. The van der Waals surface area contributed by atoms with Crippen LogP contribution in [0.3, 0.4) is 0 Å². The fourth-order valence-corrected chi connectivity index (χ4v) is 2.84. The summed E-state index contributed by atoms with van der Waals surface area (Å²) in [4.78, 5) is 45.2. The van der Waals surface area contributed by atoms with Crippen LogP contribution in [0.15, 0.2) is 34.2 Å². The number of guanidine groups is 1. The van der Waals surface area contributed by atoms with E-state index in [1.807, 2.05) is 6.92 Å². The van der Waals surface area contributed by atoms with Gasteiger partial charge in [0.25, 0.3) is 0 Å². The van der Waals surface area contributed by atoms with E-state index in [0.29, 0.717) is 18.8 Å². The highest BCUT2D eigenvalue weighted by Gasteiger charge is 2.35. The molecule has 13 heteroatoms. The molecule has 0 aromatic carbocycles. The molecule has 0 saturated heterocycles. The van der Waals surface area contributed by atoms with Crippen molar-refractivity contribution in [3.63, 3.8) is 0 Å². The predicted molar refractivity (Wildman–Crippen MR) is 113 cm³/mol. The van der Waals surface area contributed by atoms with E-state index in [9.17, 15) is 19.5 Å². The molecule has 4 unspecified atom stereocenters. The van der Waals surface area contributed by atoms with Crippen LogP contribution in [-0.4, -0.2) is 70.9 Å². The van der Waals surface area contributed by atoms with E-state index in [0.717, 1.165) is 0 Å². The van der Waals surface area contributed by atoms with Gasteiger partial charge in [0.1, 0.15) is 12.0 Å². The maximum Gasteiger partial charge on any atom is 0.346 e. The highest BCUT2D eigenvalue weighted by atomic mass is 16.5. The van der Waals surface area contributed by atoms with Gasteiger partial charge in [-0.1, -0.05) is 13.0 Å². The third-order valence-corrected chi connectivity index (χ3v) is 4.70. The number of amides is 1. The molecule has 170 valence electrons. The van der Waals surface area contributed by atoms with Crippen LogP contribution in [0.2, 0.25) is 0 Å². The minimum atomic E-state index is -1.36. The van der Waals surface area contributed by atoms with Gasteiger partial charge in [-0.3, -0.25) is 14.8 Å². The summed E-state index contributed by atoms with van der Waals surface area (Å²) in [5.74, 6) is -1.37. The Bertz CT molecular complexity index is 886. The van der Waals surface area contributed by atoms with Crippen LogP contribution in [0.1, 0.15) is 13.3 Å². The highest BCUT2D eigenvalue weighted by molar-refractivity contribution is 5.84. The van der Waals surface area contributed by atoms with Crippen molar-refractivity contribution in [2.24, 2.45) is 22.4 Å². The van der Waals surface area contributed by atoms with E-state index in [1.54, 1.807) is 7.05 Å². The zero-order chi connectivity index (χ0) is 23.0. The molecule has 31 heavy (non-hydrogen) atoms. The van der Waals surface area contributed by atoms with Crippen LogP contribution in [-0.2, 0) is 14.3 Å². The number of H-pyrrole nitrogens is 1. The number of nitrogens with one attached hydrogen (secondary N) is 4. The smallest absolute Gasteiger partial charge is 0.346 e. The Labute approximate surface area is 178 Å². The Kier molecular flexibility index (Phi) is 8.52. The molecule has 9 N–H and O–H groups in total. The second-order valence-electron chi connectivity index (χ2n) is 7.00. The van der Waals surface area contributed by atoms with Crippen molar-refractivity contribution in [1.29, 1.82) is 0 Å². The second-order valence-corrected chi connectivity index (χ2v) is 7.00. The number of anilines is 1. The molecule has 0 fully saturated rings. The van der Waals surface area contributed by atoms with E-state index in [1.165, 1.54) is 24.4 Å². The van der Waals surface area contributed by atoms with Gasteiger partial charge in [-0.15, -0.1) is 0 Å². The topological polar surface area (TPSA) is 210 Å². The van der Waals surface area contributed by atoms with E-state index in [-0.39, 0.29) is 11.9 Å². The van der Waals surface area contributed by atoms with Crippen molar-refractivity contribution in [1.82, 2.24) is 20.6 Å². The molecule has 1 aromatic rings. The molecule has 1 aliphatic heterocycles. The molecule has 2 heterocycles. The molecule has 0 spiro atoms. The number of carboxylic acid groups (broad SMARTS) is 1. The zero-order valence-electron chi connectivity index (χ0n) is 17.2. The lowest BCUT2D eigenvalue weighted by Gasteiger charge is -2.32. The molecule has 0 radical (unpaired) electrons. The molecule has 0 aliphatic carbocycles. The molecule has 1 aliphatic rings. The first-order valence-corrected chi connectivity index (χ1v) is 9.61. The average molecular weight is 436 g/mol. The molecular weight excluding hydrogens is 408 g/mol. The minimum Gasteiger partial charge on any atom is -0.479 e. The normalized spacial score (nSPS) is 22.9. The number of aliphatic carboxylic acids is 1. The number of aliphatic imine (C=N–C) groups is 1. The van der Waals surface area contributed by atoms with Gasteiger partial charge in [0.15, 0.2) is 12.1 Å². The van der Waals surface area contributed by atoms with Crippen molar-refractivity contribution in [3.05, 3.63) is 34.9 Å². The summed E-state index contributed by atoms with van der Waals surface area (Å²) in [6.07, 6.45) is 2.71. The number of nitrogens with two attached hydrogens (primary N) is 2. The molecule has 13 nitrogen and oxygen atoms in total. The molecule has 1 aromatic heterocycles. The maximum atomic E-state index is 12.5. The third kappa shape index (κ3) is 7.08. The van der Waals surface area contributed by atoms with Crippen molar-refractivity contribution in [3.8, 4) is 0 Å². The molecule has 0 bridgehead atoms. The number of carbonyl (C=O) groups is 2. The molecule has 1 amide bonds. The fourth-order valence-electron chi connectivity index (χ4n) is 2.84. The van der Waals surface area contributed by atoms with Crippen molar-refractivity contribution in [2.45, 2.75) is 37.8 Å². The second kappa shape index (κ2) is 11.1. The number of hydrogen-bond acceptors (Lipinski definition) is 8. The van der Waals surface area contributed by atoms with Gasteiger partial charge < -0.3 is 37.3 Å². The van der Waals surface area contributed by atoms with Crippen molar-refractivity contribution < 1.29 is 19.4 Å². The van der Waals surface area contributed by atoms with Gasteiger partial charge in [0, 0.05) is 19.8 Å². The summed E-state index contributed by atoms with van der Waals surface area (Å²) in [6, 6.07) is -0.279. The standard InChI is InChI=1S/C18H28N8O5/c1-9(5-7-22-17(20)21-2)13(19)15(27)24-10-3-4-12(31-14(10)16(28)29)25-11-6-8-23-18(30)26-11/h3-4,6,8-10,12-14H,5,7,19H2,1-2H3,(H,24,27)(H,28,29)(H3,20,21,22)(H2,23,25,26,30)/t9?,10?,12?,13?,14-/m0/s1. The zero-order valence-corrected chi connectivity index (χ0v) is 17.2. The monoisotopic (exact) mass is 436 g/mol. The van der Waals surface area contributed by atoms with Gasteiger partial charge >= 0.3 is 11.7 Å². The van der Waals surface area contributed by atoms with Crippen LogP contribution in [0.5, 0.6) is 0 Å². The Morgan fingerprint density at radius 3 is 2.81 bits per heavy atom. The summed E-state index contributed by atoms with van der Waals surface area (Å²) < 4.78 is 5.52. The Morgan fingerprint density at radius 2 is 2.16 bits per heavy atom. The quantitative estimate of drug-likeness (QED) is 0.128. The van der Waals surface area contributed by atoms with Gasteiger partial charge in [-0.25, -0.2) is 14.6 Å². The first kappa shape index (κ1) is 23.8. The first-order valence-electron chi connectivity index (χ1n) is 9.61. The van der Waals surface area contributed by atoms with Crippen LogP contribution < -0.4 is 33.1 Å². The number of ether oxygens (including phenoxy) is 1. The maximum absolute atomic E-state index is 12.5. The van der Waals surface area contributed by atoms with E-state index >= 15 is 0 Å². The predicted octanol–water partition coefficient (Wildman–Crippen LogP) is -2.08. The number of rotatable bonds is 9. The lowest BCUT2D eigenvalue weighted by Crippen LogP contribution is -2.56. The summed E-state index contributed by atoms with van der Waals surface area (Å²) in [5, 5.41) is 17.8. The molecular formula is C18H28N8O5. The number of carboxylic acids is 1. The fraction of sp³-hybridized carbons (Fsp3) is 0.500. The van der Waals surface area contributed by atoms with Crippen LogP contribution in [0.25, 0.3) is 0 Å².